The summed E-state index contributed by atoms with van der Waals surface area (Å²) in [5.41, 5.74) is 3.54. The molecule has 2 unspecified atom stereocenters. The van der Waals surface area contributed by atoms with Crippen LogP contribution in [0.3, 0.4) is 0 Å². The van der Waals surface area contributed by atoms with Crippen LogP contribution in [-0.4, -0.2) is 18.4 Å². The lowest BCUT2D eigenvalue weighted by Gasteiger charge is -2.17. The number of nitrogens with zero attached hydrogens (tertiary/aromatic N) is 1. The predicted octanol–water partition coefficient (Wildman–Crippen LogP) is 4.25. The van der Waals surface area contributed by atoms with Crippen LogP contribution in [0.1, 0.15) is 29.3 Å². The number of anilines is 2. The minimum absolute atomic E-state index is 0.00485. The molecule has 1 aliphatic heterocycles. The fourth-order valence-electron chi connectivity index (χ4n) is 3.36. The number of rotatable bonds is 3. The molecule has 2 aromatic rings. The van der Waals surface area contributed by atoms with Gasteiger partial charge in [-0.25, -0.2) is 0 Å². The molecule has 1 aliphatic carbocycles. The molecule has 25 heavy (non-hydrogen) atoms. The molecule has 0 spiro atoms. The highest BCUT2D eigenvalue weighted by atomic mass is 79.9. The minimum Gasteiger partial charge on any atom is -0.326 e. The zero-order valence-corrected chi connectivity index (χ0v) is 15.5. The van der Waals surface area contributed by atoms with Crippen LogP contribution in [0.4, 0.5) is 11.4 Å². The van der Waals surface area contributed by atoms with Crippen LogP contribution in [0, 0.1) is 11.8 Å². The summed E-state index contributed by atoms with van der Waals surface area (Å²) in [7, 11) is 0. The number of halogens is 1. The molecular formula is C20H19BrN2O2. The van der Waals surface area contributed by atoms with E-state index in [1.54, 1.807) is 24.3 Å². The average molecular weight is 399 g/mol. The normalized spacial score (nSPS) is 21.0. The Kier molecular flexibility index (Phi) is 4.12. The summed E-state index contributed by atoms with van der Waals surface area (Å²) in [6, 6.07) is 13.2. The maximum absolute atomic E-state index is 12.8. The summed E-state index contributed by atoms with van der Waals surface area (Å²) in [6.07, 6.45) is 1.83. The van der Waals surface area contributed by atoms with E-state index in [-0.39, 0.29) is 17.7 Å². The minimum atomic E-state index is -0.00485. The largest absolute Gasteiger partial charge is 0.326 e. The number of hydrogen-bond donors (Lipinski definition) is 1. The lowest BCUT2D eigenvalue weighted by atomic mass is 10.1. The number of fused-ring (bicyclic) bond motifs is 1. The van der Waals surface area contributed by atoms with E-state index in [0.29, 0.717) is 18.0 Å². The molecule has 0 saturated heterocycles. The van der Waals surface area contributed by atoms with Crippen LogP contribution < -0.4 is 10.2 Å². The molecule has 0 aromatic heterocycles. The fraction of sp³-hybridized carbons (Fsp3) is 0.300. The van der Waals surface area contributed by atoms with Gasteiger partial charge in [-0.2, -0.15) is 0 Å². The van der Waals surface area contributed by atoms with Gasteiger partial charge >= 0.3 is 0 Å². The molecular weight excluding hydrogens is 380 g/mol. The van der Waals surface area contributed by atoms with Gasteiger partial charge in [-0.3, -0.25) is 9.59 Å². The van der Waals surface area contributed by atoms with E-state index >= 15 is 0 Å². The maximum atomic E-state index is 12.8. The van der Waals surface area contributed by atoms with Crippen LogP contribution in [0.15, 0.2) is 46.9 Å². The topological polar surface area (TPSA) is 49.4 Å². The summed E-state index contributed by atoms with van der Waals surface area (Å²) in [4.78, 5) is 26.6. The standard InChI is InChI=1S/C20H19BrN2O2/c1-12-10-17(12)19(24)22-16-5-2-13(3-6-16)20(25)23-9-8-14-11-15(21)4-7-18(14)23/h2-7,11-12,17H,8-10H2,1H3,(H,22,24). The van der Waals surface area contributed by atoms with Crippen LogP contribution in [0.2, 0.25) is 0 Å². The van der Waals surface area contributed by atoms with Gasteiger partial charge in [0.25, 0.3) is 5.91 Å². The third-order valence-electron chi connectivity index (χ3n) is 5.03. The van der Waals surface area contributed by atoms with E-state index in [4.69, 9.17) is 0 Å². The number of carbonyl (C=O) groups is 2. The predicted molar refractivity (Wildman–Crippen MR) is 102 cm³/mol. The highest BCUT2D eigenvalue weighted by Gasteiger charge is 2.39. The molecule has 2 aromatic carbocycles. The molecule has 2 atom stereocenters. The van der Waals surface area contributed by atoms with E-state index in [9.17, 15) is 9.59 Å². The molecule has 2 aliphatic rings. The van der Waals surface area contributed by atoms with Crippen molar-refractivity contribution in [3.05, 3.63) is 58.1 Å². The number of benzene rings is 2. The molecule has 0 radical (unpaired) electrons. The first kappa shape index (κ1) is 16.3. The third kappa shape index (κ3) is 3.21. The van der Waals surface area contributed by atoms with Crippen LogP contribution in [-0.2, 0) is 11.2 Å². The van der Waals surface area contributed by atoms with Crippen molar-refractivity contribution < 1.29 is 9.59 Å². The van der Waals surface area contributed by atoms with Crippen molar-refractivity contribution in [3.63, 3.8) is 0 Å². The summed E-state index contributed by atoms with van der Waals surface area (Å²) in [6.45, 7) is 2.78. The maximum Gasteiger partial charge on any atom is 0.258 e. The molecule has 1 saturated carbocycles. The van der Waals surface area contributed by atoms with E-state index < -0.39 is 0 Å². The highest BCUT2D eigenvalue weighted by molar-refractivity contribution is 9.10. The van der Waals surface area contributed by atoms with Crippen molar-refractivity contribution in [1.82, 2.24) is 0 Å². The van der Waals surface area contributed by atoms with Crippen molar-refractivity contribution in [3.8, 4) is 0 Å². The van der Waals surface area contributed by atoms with Crippen molar-refractivity contribution in [2.24, 2.45) is 11.8 Å². The van der Waals surface area contributed by atoms with Crippen LogP contribution in [0.25, 0.3) is 0 Å². The zero-order chi connectivity index (χ0) is 17.6. The summed E-state index contributed by atoms with van der Waals surface area (Å²) >= 11 is 3.47. The Morgan fingerprint density at radius 1 is 1.16 bits per heavy atom. The summed E-state index contributed by atoms with van der Waals surface area (Å²) in [5.74, 6) is 0.693. The average Bonchev–Trinajstić information content (AvgIpc) is 3.19. The van der Waals surface area contributed by atoms with Crippen molar-refractivity contribution in [2.45, 2.75) is 19.8 Å². The number of hydrogen-bond acceptors (Lipinski definition) is 2. The highest BCUT2D eigenvalue weighted by Crippen LogP contribution is 2.38. The van der Waals surface area contributed by atoms with Gasteiger partial charge in [-0.15, -0.1) is 0 Å². The smallest absolute Gasteiger partial charge is 0.258 e. The summed E-state index contributed by atoms with van der Waals surface area (Å²) < 4.78 is 1.03. The van der Waals surface area contributed by atoms with Crippen molar-refractivity contribution in [2.75, 3.05) is 16.8 Å². The Bertz CT molecular complexity index is 847. The van der Waals surface area contributed by atoms with Crippen LogP contribution in [0.5, 0.6) is 0 Å². The van der Waals surface area contributed by atoms with Gasteiger partial charge in [0, 0.05) is 33.9 Å². The molecule has 4 nitrogen and oxygen atoms in total. The van der Waals surface area contributed by atoms with Crippen LogP contribution >= 0.6 is 15.9 Å². The first-order valence-electron chi connectivity index (χ1n) is 8.54. The molecule has 1 N–H and O–H groups in total. The zero-order valence-electron chi connectivity index (χ0n) is 14.0. The van der Waals surface area contributed by atoms with E-state index in [0.717, 1.165) is 28.7 Å². The molecule has 1 heterocycles. The molecule has 2 amide bonds. The lowest BCUT2D eigenvalue weighted by Crippen LogP contribution is -2.28. The SMILES string of the molecule is CC1CC1C(=O)Nc1ccc(C(=O)N2CCc3cc(Br)ccc32)cc1. The Balaban J connectivity index is 1.47. The monoisotopic (exact) mass is 398 g/mol. The second kappa shape index (κ2) is 6.30. The molecule has 5 heteroatoms. The molecule has 1 fully saturated rings. The van der Waals surface area contributed by atoms with Gasteiger partial charge in [0.05, 0.1) is 0 Å². The molecule has 0 bridgehead atoms. The third-order valence-corrected chi connectivity index (χ3v) is 5.52. The number of amides is 2. The van der Waals surface area contributed by atoms with Gasteiger partial charge in [-0.05, 0) is 66.8 Å². The Labute approximate surface area is 155 Å². The summed E-state index contributed by atoms with van der Waals surface area (Å²) in [5, 5.41) is 2.92. The Morgan fingerprint density at radius 3 is 2.56 bits per heavy atom. The molecule has 128 valence electrons. The number of carbonyl (C=O) groups excluding carboxylic acids is 2. The Morgan fingerprint density at radius 2 is 1.88 bits per heavy atom. The first-order valence-corrected chi connectivity index (χ1v) is 9.33. The van der Waals surface area contributed by atoms with Gasteiger partial charge < -0.3 is 10.2 Å². The van der Waals surface area contributed by atoms with Gasteiger partial charge in [0.2, 0.25) is 5.91 Å². The first-order chi connectivity index (χ1) is 12.0. The quantitative estimate of drug-likeness (QED) is 0.839. The van der Waals surface area contributed by atoms with Gasteiger partial charge in [0.15, 0.2) is 0 Å². The van der Waals surface area contributed by atoms with Crippen molar-refractivity contribution in [1.29, 1.82) is 0 Å². The molecule has 4 rings (SSSR count). The van der Waals surface area contributed by atoms with E-state index in [1.165, 1.54) is 5.56 Å². The van der Waals surface area contributed by atoms with Gasteiger partial charge in [0.1, 0.15) is 0 Å². The van der Waals surface area contributed by atoms with E-state index in [2.05, 4.69) is 34.2 Å². The second-order valence-electron chi connectivity index (χ2n) is 6.87. The lowest BCUT2D eigenvalue weighted by molar-refractivity contribution is -0.117. The van der Waals surface area contributed by atoms with Crippen molar-refractivity contribution >= 4 is 39.1 Å². The number of nitrogens with one attached hydrogen (secondary N) is 1. The fourth-order valence-corrected chi connectivity index (χ4v) is 3.76. The van der Waals surface area contributed by atoms with E-state index in [1.807, 2.05) is 17.0 Å². The second-order valence-corrected chi connectivity index (χ2v) is 7.78. The van der Waals surface area contributed by atoms with Gasteiger partial charge in [-0.1, -0.05) is 22.9 Å². The Hall–Kier alpha value is -2.14.